The van der Waals surface area contributed by atoms with Crippen LogP contribution in [0, 0.1) is 12.7 Å². The number of halogens is 3. The summed E-state index contributed by atoms with van der Waals surface area (Å²) in [6, 6.07) is 18.2. The summed E-state index contributed by atoms with van der Waals surface area (Å²) in [6.07, 6.45) is 0. The summed E-state index contributed by atoms with van der Waals surface area (Å²) in [5.41, 5.74) is 2.85. The van der Waals surface area contributed by atoms with Crippen LogP contribution in [0.3, 0.4) is 0 Å². The predicted molar refractivity (Wildman–Crippen MR) is 116 cm³/mol. The zero-order valence-corrected chi connectivity index (χ0v) is 17.2. The fraction of sp³-hybridized carbons (Fsp3) is 0.0455. The van der Waals surface area contributed by atoms with Gasteiger partial charge in [-0.3, -0.25) is 4.79 Å². The lowest BCUT2D eigenvalue weighted by atomic mass is 10.1. The molecule has 0 fully saturated rings. The molecule has 0 spiro atoms. The fourth-order valence-electron chi connectivity index (χ4n) is 2.90. The summed E-state index contributed by atoms with van der Waals surface area (Å²) in [7, 11) is 0. The van der Waals surface area contributed by atoms with Gasteiger partial charge < -0.3 is 5.32 Å². The molecular formula is C22H15Cl2FN4O. The maximum atomic E-state index is 13.4. The van der Waals surface area contributed by atoms with Gasteiger partial charge in [0.15, 0.2) is 5.82 Å². The van der Waals surface area contributed by atoms with Gasteiger partial charge in [-0.15, -0.1) is 5.10 Å². The molecule has 1 N–H and O–H groups in total. The SMILES string of the molecule is Cc1cccc(-c2nc(C(=O)Nc3ccc(Cl)c(Cl)c3)nn2-c2ccc(F)cc2)c1. The minimum absolute atomic E-state index is 0.0399. The molecule has 1 heterocycles. The third-order valence-corrected chi connectivity index (χ3v) is 5.07. The van der Waals surface area contributed by atoms with E-state index < -0.39 is 5.91 Å². The average Bonchev–Trinajstić information content (AvgIpc) is 3.17. The number of rotatable bonds is 4. The normalized spacial score (nSPS) is 10.8. The van der Waals surface area contributed by atoms with Gasteiger partial charge in [-0.05, 0) is 55.5 Å². The molecule has 4 aromatic rings. The van der Waals surface area contributed by atoms with Crippen molar-refractivity contribution in [2.45, 2.75) is 6.92 Å². The Hall–Kier alpha value is -3.22. The molecule has 0 aliphatic carbocycles. The second-order valence-corrected chi connectivity index (χ2v) is 7.41. The number of nitrogens with zero attached hydrogens (tertiary/aromatic N) is 3. The molecule has 150 valence electrons. The second-order valence-electron chi connectivity index (χ2n) is 6.60. The van der Waals surface area contributed by atoms with Gasteiger partial charge in [0.1, 0.15) is 5.82 Å². The summed E-state index contributed by atoms with van der Waals surface area (Å²) in [5, 5.41) is 7.78. The highest BCUT2D eigenvalue weighted by atomic mass is 35.5. The largest absolute Gasteiger partial charge is 0.319 e. The van der Waals surface area contributed by atoms with Crippen LogP contribution < -0.4 is 5.32 Å². The van der Waals surface area contributed by atoms with Crippen molar-refractivity contribution in [1.82, 2.24) is 14.8 Å². The molecule has 0 bridgehead atoms. The van der Waals surface area contributed by atoms with Crippen LogP contribution in [-0.4, -0.2) is 20.7 Å². The van der Waals surface area contributed by atoms with Crippen molar-refractivity contribution in [2.24, 2.45) is 0 Å². The Bertz CT molecular complexity index is 1240. The zero-order valence-electron chi connectivity index (χ0n) is 15.7. The first-order valence-corrected chi connectivity index (χ1v) is 9.73. The van der Waals surface area contributed by atoms with Crippen LogP contribution in [-0.2, 0) is 0 Å². The van der Waals surface area contributed by atoms with Gasteiger partial charge in [-0.25, -0.2) is 14.1 Å². The number of anilines is 1. The third-order valence-electron chi connectivity index (χ3n) is 4.34. The molecule has 3 aromatic carbocycles. The van der Waals surface area contributed by atoms with Crippen molar-refractivity contribution in [3.63, 3.8) is 0 Å². The topological polar surface area (TPSA) is 59.8 Å². The quantitative estimate of drug-likeness (QED) is 0.426. The number of hydrogen-bond donors (Lipinski definition) is 1. The lowest BCUT2D eigenvalue weighted by Crippen LogP contribution is -2.14. The molecule has 8 heteroatoms. The van der Waals surface area contributed by atoms with Gasteiger partial charge in [0.25, 0.3) is 5.91 Å². The number of hydrogen-bond acceptors (Lipinski definition) is 3. The molecule has 30 heavy (non-hydrogen) atoms. The Labute approximate surface area is 182 Å². The Balaban J connectivity index is 1.75. The van der Waals surface area contributed by atoms with Crippen molar-refractivity contribution >= 4 is 34.8 Å². The van der Waals surface area contributed by atoms with Gasteiger partial charge in [0.05, 0.1) is 15.7 Å². The van der Waals surface area contributed by atoms with Crippen LogP contribution in [0.4, 0.5) is 10.1 Å². The van der Waals surface area contributed by atoms with E-state index in [2.05, 4.69) is 15.4 Å². The molecule has 0 aliphatic rings. The fourth-order valence-corrected chi connectivity index (χ4v) is 3.20. The molecule has 1 amide bonds. The summed E-state index contributed by atoms with van der Waals surface area (Å²) in [4.78, 5) is 17.2. The van der Waals surface area contributed by atoms with E-state index in [1.807, 2.05) is 31.2 Å². The van der Waals surface area contributed by atoms with Crippen LogP contribution in [0.2, 0.25) is 10.0 Å². The molecule has 5 nitrogen and oxygen atoms in total. The highest BCUT2D eigenvalue weighted by Crippen LogP contribution is 2.26. The Morgan fingerprint density at radius 1 is 1.00 bits per heavy atom. The van der Waals surface area contributed by atoms with E-state index in [-0.39, 0.29) is 11.6 Å². The standard InChI is InChI=1S/C22H15Cl2FN4O/c1-13-3-2-4-14(11-13)21-27-20(28-29(21)17-8-5-15(25)6-9-17)22(30)26-16-7-10-18(23)19(24)12-16/h2-12H,1H3,(H,26,30). The molecule has 0 saturated carbocycles. The summed E-state index contributed by atoms with van der Waals surface area (Å²) in [5.74, 6) is -0.455. The zero-order chi connectivity index (χ0) is 21.3. The average molecular weight is 441 g/mol. The smallest absolute Gasteiger partial charge is 0.295 e. The van der Waals surface area contributed by atoms with Crippen LogP contribution in [0.15, 0.2) is 66.7 Å². The highest BCUT2D eigenvalue weighted by molar-refractivity contribution is 6.42. The molecule has 4 rings (SSSR count). The second kappa shape index (κ2) is 8.26. The maximum absolute atomic E-state index is 13.4. The van der Waals surface area contributed by atoms with Gasteiger partial charge in [-0.2, -0.15) is 0 Å². The number of carbonyl (C=O) groups excluding carboxylic acids is 1. The van der Waals surface area contributed by atoms with Crippen molar-refractivity contribution in [3.8, 4) is 17.1 Å². The van der Waals surface area contributed by atoms with E-state index in [0.717, 1.165) is 11.1 Å². The van der Waals surface area contributed by atoms with E-state index in [1.165, 1.54) is 16.8 Å². The van der Waals surface area contributed by atoms with Crippen molar-refractivity contribution in [2.75, 3.05) is 5.32 Å². The first-order chi connectivity index (χ1) is 14.4. The van der Waals surface area contributed by atoms with Gasteiger partial charge in [0.2, 0.25) is 5.82 Å². The van der Waals surface area contributed by atoms with Crippen LogP contribution in [0.25, 0.3) is 17.1 Å². The van der Waals surface area contributed by atoms with Crippen LogP contribution in [0.1, 0.15) is 16.2 Å². The molecule has 0 aliphatic heterocycles. The molecular weight excluding hydrogens is 426 g/mol. The predicted octanol–water partition coefficient (Wildman–Crippen LogP) is 5.94. The van der Waals surface area contributed by atoms with Crippen LogP contribution in [0.5, 0.6) is 0 Å². The van der Waals surface area contributed by atoms with Crippen molar-refractivity contribution in [3.05, 3.63) is 94.0 Å². The molecule has 0 radical (unpaired) electrons. The first-order valence-electron chi connectivity index (χ1n) is 8.97. The monoisotopic (exact) mass is 440 g/mol. The number of amides is 1. The number of aryl methyl sites for hydroxylation is 1. The minimum Gasteiger partial charge on any atom is -0.319 e. The summed E-state index contributed by atoms with van der Waals surface area (Å²) in [6.45, 7) is 1.96. The number of aromatic nitrogens is 3. The Morgan fingerprint density at radius 2 is 1.77 bits per heavy atom. The van der Waals surface area contributed by atoms with Crippen molar-refractivity contribution < 1.29 is 9.18 Å². The molecule has 0 saturated heterocycles. The lowest BCUT2D eigenvalue weighted by molar-refractivity contribution is 0.101. The lowest BCUT2D eigenvalue weighted by Gasteiger charge is -2.06. The van der Waals surface area contributed by atoms with Gasteiger partial charge in [0, 0.05) is 11.3 Å². The Kier molecular flexibility index (Phi) is 5.53. The molecule has 1 aromatic heterocycles. The summed E-state index contributed by atoms with van der Waals surface area (Å²) >= 11 is 11.9. The van der Waals surface area contributed by atoms with Gasteiger partial charge >= 0.3 is 0 Å². The molecule has 0 atom stereocenters. The Morgan fingerprint density at radius 3 is 2.47 bits per heavy atom. The van der Waals surface area contributed by atoms with E-state index in [0.29, 0.717) is 27.2 Å². The first kappa shape index (κ1) is 20.1. The van der Waals surface area contributed by atoms with E-state index in [9.17, 15) is 9.18 Å². The summed E-state index contributed by atoms with van der Waals surface area (Å²) < 4.78 is 14.9. The van der Waals surface area contributed by atoms with Gasteiger partial charge in [-0.1, -0.05) is 47.0 Å². The maximum Gasteiger partial charge on any atom is 0.295 e. The number of benzene rings is 3. The van der Waals surface area contributed by atoms with E-state index in [1.54, 1.807) is 30.3 Å². The van der Waals surface area contributed by atoms with E-state index in [4.69, 9.17) is 23.2 Å². The highest BCUT2D eigenvalue weighted by Gasteiger charge is 2.19. The minimum atomic E-state index is -0.511. The number of carbonyl (C=O) groups is 1. The van der Waals surface area contributed by atoms with E-state index >= 15 is 0 Å². The molecule has 0 unspecified atom stereocenters. The van der Waals surface area contributed by atoms with Crippen molar-refractivity contribution in [1.29, 1.82) is 0 Å². The van der Waals surface area contributed by atoms with Crippen LogP contribution >= 0.6 is 23.2 Å². The third kappa shape index (κ3) is 4.20. The number of nitrogens with one attached hydrogen (secondary N) is 1.